The molecule has 0 aliphatic carbocycles. The number of halogens is 3. The van der Waals surface area contributed by atoms with Crippen LogP contribution < -0.4 is 5.32 Å². The van der Waals surface area contributed by atoms with E-state index in [9.17, 15) is 5.11 Å². The topological polar surface area (TPSA) is 32.3 Å². The van der Waals surface area contributed by atoms with Gasteiger partial charge in [0.1, 0.15) is 0 Å². The molecule has 2 N–H and O–H groups in total. The monoisotopic (exact) mass is 315 g/mol. The molecule has 0 saturated carbocycles. The number of aromatic hydroxyl groups is 1. The van der Waals surface area contributed by atoms with Crippen molar-refractivity contribution in [1.29, 1.82) is 0 Å². The van der Waals surface area contributed by atoms with E-state index in [1.54, 1.807) is 12.1 Å². The largest absolute Gasteiger partial charge is 0.505 e. The number of anilines is 1. The summed E-state index contributed by atoms with van der Waals surface area (Å²) in [5.41, 5.74) is 2.83. The molecule has 0 unspecified atom stereocenters. The molecule has 0 heterocycles. The summed E-state index contributed by atoms with van der Waals surface area (Å²) in [6.45, 7) is 2.55. The molecule has 0 aromatic heterocycles. The number of aryl methyl sites for hydroxylation is 1. The highest BCUT2D eigenvalue weighted by Crippen LogP contribution is 2.34. The van der Waals surface area contributed by atoms with Gasteiger partial charge in [-0.3, -0.25) is 0 Å². The SMILES string of the molecule is Cc1ccc(CNc2cc(Cl)c(O)c(Cl)c2)cc1Cl. The van der Waals surface area contributed by atoms with Gasteiger partial charge in [0.15, 0.2) is 5.75 Å². The smallest absolute Gasteiger partial charge is 0.152 e. The van der Waals surface area contributed by atoms with E-state index in [0.717, 1.165) is 21.8 Å². The van der Waals surface area contributed by atoms with Gasteiger partial charge < -0.3 is 10.4 Å². The molecule has 2 aromatic carbocycles. The number of nitrogens with one attached hydrogen (secondary N) is 1. The van der Waals surface area contributed by atoms with Crippen molar-refractivity contribution < 1.29 is 5.11 Å². The molecule has 0 amide bonds. The minimum atomic E-state index is -0.104. The first-order valence-corrected chi connectivity index (χ1v) is 6.77. The highest BCUT2D eigenvalue weighted by Gasteiger charge is 2.06. The van der Waals surface area contributed by atoms with Crippen LogP contribution in [0.4, 0.5) is 5.69 Å². The van der Waals surface area contributed by atoms with Crippen molar-refractivity contribution >= 4 is 40.5 Å². The summed E-state index contributed by atoms with van der Waals surface area (Å²) >= 11 is 17.8. The summed E-state index contributed by atoms with van der Waals surface area (Å²) in [6, 6.07) is 9.12. The Morgan fingerprint density at radius 3 is 2.21 bits per heavy atom. The van der Waals surface area contributed by atoms with Crippen LogP contribution in [0, 0.1) is 6.92 Å². The summed E-state index contributed by atoms with van der Waals surface area (Å²) in [6.07, 6.45) is 0. The molecule has 100 valence electrons. The van der Waals surface area contributed by atoms with Crippen molar-refractivity contribution in [3.8, 4) is 5.75 Å². The van der Waals surface area contributed by atoms with Crippen LogP contribution in [0.1, 0.15) is 11.1 Å². The van der Waals surface area contributed by atoms with Crippen LogP contribution in [-0.2, 0) is 6.54 Å². The summed E-state index contributed by atoms with van der Waals surface area (Å²) < 4.78 is 0. The Balaban J connectivity index is 2.12. The second-order valence-corrected chi connectivity index (χ2v) is 5.45. The van der Waals surface area contributed by atoms with Gasteiger partial charge in [-0.2, -0.15) is 0 Å². The maximum atomic E-state index is 9.47. The number of phenolic OH excluding ortho intramolecular Hbond substituents is 1. The van der Waals surface area contributed by atoms with Crippen molar-refractivity contribution in [2.45, 2.75) is 13.5 Å². The molecule has 0 saturated heterocycles. The predicted octanol–water partition coefficient (Wildman–Crippen LogP) is 5.27. The van der Waals surface area contributed by atoms with Gasteiger partial charge in [-0.05, 0) is 36.2 Å². The Hall–Kier alpha value is -1.09. The van der Waals surface area contributed by atoms with Crippen molar-refractivity contribution in [2.24, 2.45) is 0 Å². The van der Waals surface area contributed by atoms with E-state index in [0.29, 0.717) is 6.54 Å². The predicted molar refractivity (Wildman–Crippen MR) is 81.6 cm³/mol. The lowest BCUT2D eigenvalue weighted by Crippen LogP contribution is -1.99. The average molecular weight is 317 g/mol. The van der Waals surface area contributed by atoms with Crippen molar-refractivity contribution in [1.82, 2.24) is 0 Å². The summed E-state index contributed by atoms with van der Waals surface area (Å²) in [5.74, 6) is -0.104. The number of hydrogen-bond donors (Lipinski definition) is 2. The molecule has 2 rings (SSSR count). The zero-order valence-electron chi connectivity index (χ0n) is 10.2. The zero-order valence-corrected chi connectivity index (χ0v) is 12.4. The fourth-order valence-electron chi connectivity index (χ4n) is 1.62. The van der Waals surface area contributed by atoms with Crippen molar-refractivity contribution in [3.05, 3.63) is 56.5 Å². The van der Waals surface area contributed by atoms with E-state index in [1.807, 2.05) is 25.1 Å². The molecule has 0 spiro atoms. The van der Waals surface area contributed by atoms with Crippen LogP contribution in [0.2, 0.25) is 15.1 Å². The molecule has 0 aliphatic heterocycles. The van der Waals surface area contributed by atoms with Crippen molar-refractivity contribution in [2.75, 3.05) is 5.32 Å². The Bertz CT molecular complexity index is 591. The molecule has 0 bridgehead atoms. The standard InChI is InChI=1S/C14H12Cl3NO/c1-8-2-3-9(4-11(8)15)7-18-10-5-12(16)14(19)13(17)6-10/h2-6,18-19H,7H2,1H3. The third-order valence-electron chi connectivity index (χ3n) is 2.75. The number of hydrogen-bond acceptors (Lipinski definition) is 2. The maximum absolute atomic E-state index is 9.47. The van der Waals surface area contributed by atoms with E-state index in [2.05, 4.69) is 5.32 Å². The Morgan fingerprint density at radius 2 is 1.63 bits per heavy atom. The number of benzene rings is 2. The van der Waals surface area contributed by atoms with Crippen molar-refractivity contribution in [3.63, 3.8) is 0 Å². The average Bonchev–Trinajstić information content (AvgIpc) is 2.37. The quantitative estimate of drug-likeness (QED) is 0.756. The fraction of sp³-hybridized carbons (Fsp3) is 0.143. The van der Waals surface area contributed by atoms with Crippen LogP contribution in [0.5, 0.6) is 5.75 Å². The van der Waals surface area contributed by atoms with E-state index in [-0.39, 0.29) is 15.8 Å². The Kier molecular flexibility index (Phi) is 4.46. The molecule has 19 heavy (non-hydrogen) atoms. The lowest BCUT2D eigenvalue weighted by Gasteiger charge is -2.10. The van der Waals surface area contributed by atoms with Gasteiger partial charge in [-0.15, -0.1) is 0 Å². The highest BCUT2D eigenvalue weighted by atomic mass is 35.5. The van der Waals surface area contributed by atoms with Gasteiger partial charge in [-0.25, -0.2) is 0 Å². The highest BCUT2D eigenvalue weighted by molar-refractivity contribution is 6.37. The van der Waals surface area contributed by atoms with Crippen LogP contribution in [0.15, 0.2) is 30.3 Å². The van der Waals surface area contributed by atoms with Gasteiger partial charge in [0.2, 0.25) is 0 Å². The maximum Gasteiger partial charge on any atom is 0.152 e. The fourth-order valence-corrected chi connectivity index (χ4v) is 2.31. The van der Waals surface area contributed by atoms with Crippen LogP contribution in [0.3, 0.4) is 0 Å². The van der Waals surface area contributed by atoms with E-state index >= 15 is 0 Å². The van der Waals surface area contributed by atoms with Gasteiger partial charge in [0.25, 0.3) is 0 Å². The third kappa shape index (κ3) is 3.47. The van der Waals surface area contributed by atoms with Gasteiger partial charge in [0, 0.05) is 17.3 Å². The van der Waals surface area contributed by atoms with Crippen LogP contribution in [0.25, 0.3) is 0 Å². The first-order chi connectivity index (χ1) is 8.97. The minimum absolute atomic E-state index is 0.104. The molecular weight excluding hydrogens is 305 g/mol. The summed E-state index contributed by atoms with van der Waals surface area (Å²) in [7, 11) is 0. The molecule has 0 atom stereocenters. The molecule has 5 heteroatoms. The van der Waals surface area contributed by atoms with Crippen LogP contribution in [-0.4, -0.2) is 5.11 Å². The zero-order chi connectivity index (χ0) is 14.0. The Morgan fingerprint density at radius 1 is 1.00 bits per heavy atom. The van der Waals surface area contributed by atoms with E-state index in [1.165, 1.54) is 0 Å². The first kappa shape index (κ1) is 14.3. The van der Waals surface area contributed by atoms with E-state index in [4.69, 9.17) is 34.8 Å². The minimum Gasteiger partial charge on any atom is -0.505 e. The second-order valence-electron chi connectivity index (χ2n) is 4.23. The number of rotatable bonds is 3. The van der Waals surface area contributed by atoms with Crippen LogP contribution >= 0.6 is 34.8 Å². The summed E-state index contributed by atoms with van der Waals surface area (Å²) in [4.78, 5) is 0. The molecule has 0 aliphatic rings. The Labute approximate surface area is 126 Å². The molecule has 2 aromatic rings. The summed E-state index contributed by atoms with van der Waals surface area (Å²) in [5, 5.41) is 13.8. The molecule has 0 fully saturated rings. The lowest BCUT2D eigenvalue weighted by molar-refractivity contribution is 0.476. The van der Waals surface area contributed by atoms with Gasteiger partial charge in [-0.1, -0.05) is 46.9 Å². The first-order valence-electron chi connectivity index (χ1n) is 5.64. The number of phenols is 1. The van der Waals surface area contributed by atoms with E-state index < -0.39 is 0 Å². The molecule has 0 radical (unpaired) electrons. The second kappa shape index (κ2) is 5.91. The lowest BCUT2D eigenvalue weighted by atomic mass is 10.1. The molecule has 2 nitrogen and oxygen atoms in total. The van der Waals surface area contributed by atoms with Gasteiger partial charge >= 0.3 is 0 Å². The van der Waals surface area contributed by atoms with Gasteiger partial charge in [0.05, 0.1) is 10.0 Å². The molecular formula is C14H12Cl3NO. The third-order valence-corrected chi connectivity index (χ3v) is 3.73. The normalized spacial score (nSPS) is 10.5.